The first kappa shape index (κ1) is 15.9. The van der Waals surface area contributed by atoms with Crippen LogP contribution in [0.2, 0.25) is 0 Å². The fourth-order valence-corrected chi connectivity index (χ4v) is 1.70. The monoisotopic (exact) mass is 275 g/mol. The molecule has 1 aromatic rings. The van der Waals surface area contributed by atoms with Crippen molar-refractivity contribution < 1.29 is 9.59 Å². The van der Waals surface area contributed by atoms with Crippen LogP contribution in [0.1, 0.15) is 39.5 Å². The lowest BCUT2D eigenvalue weighted by atomic mass is 10.1. The molecule has 5 nitrogen and oxygen atoms in total. The number of carbonyl (C=O) groups is 2. The number of para-hydroxylation sites is 1. The lowest BCUT2D eigenvalue weighted by Crippen LogP contribution is -2.33. The highest BCUT2D eigenvalue weighted by Crippen LogP contribution is 2.04. The maximum Gasteiger partial charge on any atom is 0.329 e. The van der Waals surface area contributed by atoms with Gasteiger partial charge in [0, 0.05) is 11.4 Å². The minimum atomic E-state index is -0.751. The quantitative estimate of drug-likeness (QED) is 0.476. The summed E-state index contributed by atoms with van der Waals surface area (Å²) >= 11 is 0. The maximum atomic E-state index is 11.6. The van der Waals surface area contributed by atoms with Crippen LogP contribution in [0, 0.1) is 0 Å². The van der Waals surface area contributed by atoms with Crippen molar-refractivity contribution in [1.29, 1.82) is 0 Å². The summed E-state index contributed by atoms with van der Waals surface area (Å²) in [5, 5.41) is 6.53. The van der Waals surface area contributed by atoms with Crippen LogP contribution >= 0.6 is 0 Å². The van der Waals surface area contributed by atoms with Gasteiger partial charge in [-0.05, 0) is 25.0 Å². The van der Waals surface area contributed by atoms with Crippen molar-refractivity contribution in [1.82, 2.24) is 5.43 Å². The van der Waals surface area contributed by atoms with Crippen LogP contribution in [0.3, 0.4) is 0 Å². The number of nitrogens with zero attached hydrogens (tertiary/aromatic N) is 1. The molecule has 0 aliphatic heterocycles. The predicted molar refractivity (Wildman–Crippen MR) is 80.5 cm³/mol. The van der Waals surface area contributed by atoms with E-state index in [-0.39, 0.29) is 0 Å². The molecule has 0 aromatic heterocycles. The SMILES string of the molecule is CCCC(CCC)=NNC(=O)C(=O)Nc1ccccc1. The number of hydrogen-bond donors (Lipinski definition) is 2. The summed E-state index contributed by atoms with van der Waals surface area (Å²) in [5.74, 6) is -1.47. The molecule has 1 rings (SSSR count). The smallest absolute Gasteiger partial charge is 0.318 e. The number of hydrogen-bond acceptors (Lipinski definition) is 3. The second-order valence-electron chi connectivity index (χ2n) is 4.44. The zero-order valence-electron chi connectivity index (χ0n) is 12.0. The summed E-state index contributed by atoms with van der Waals surface area (Å²) < 4.78 is 0. The summed E-state index contributed by atoms with van der Waals surface area (Å²) in [5.41, 5.74) is 3.80. The molecular formula is C15H21N3O2. The predicted octanol–water partition coefficient (Wildman–Crippen LogP) is 2.70. The van der Waals surface area contributed by atoms with Crippen molar-refractivity contribution >= 4 is 23.2 Å². The van der Waals surface area contributed by atoms with Crippen LogP contribution in [0.4, 0.5) is 5.69 Å². The highest BCUT2D eigenvalue weighted by Gasteiger charge is 2.13. The third kappa shape index (κ3) is 5.65. The van der Waals surface area contributed by atoms with E-state index in [0.29, 0.717) is 5.69 Å². The fourth-order valence-electron chi connectivity index (χ4n) is 1.70. The van der Waals surface area contributed by atoms with Crippen molar-refractivity contribution in [2.75, 3.05) is 5.32 Å². The molecule has 0 saturated carbocycles. The Balaban J connectivity index is 2.52. The lowest BCUT2D eigenvalue weighted by Gasteiger charge is -2.05. The summed E-state index contributed by atoms with van der Waals surface area (Å²) in [4.78, 5) is 23.3. The van der Waals surface area contributed by atoms with Gasteiger partial charge in [-0.1, -0.05) is 44.9 Å². The number of hydrazone groups is 1. The van der Waals surface area contributed by atoms with Crippen LogP contribution in [-0.2, 0) is 9.59 Å². The van der Waals surface area contributed by atoms with Gasteiger partial charge in [-0.25, -0.2) is 5.43 Å². The van der Waals surface area contributed by atoms with Crippen LogP contribution in [0.15, 0.2) is 35.4 Å². The standard InChI is InChI=1S/C15H21N3O2/c1-3-8-13(9-4-2)17-18-15(20)14(19)16-12-10-6-5-7-11-12/h5-7,10-11H,3-4,8-9H2,1-2H3,(H,16,19)(H,18,20). The molecule has 5 heteroatoms. The van der Waals surface area contributed by atoms with Gasteiger partial charge in [-0.15, -0.1) is 0 Å². The van der Waals surface area contributed by atoms with E-state index in [0.717, 1.165) is 31.4 Å². The Morgan fingerprint density at radius 3 is 2.15 bits per heavy atom. The van der Waals surface area contributed by atoms with E-state index in [1.165, 1.54) is 0 Å². The van der Waals surface area contributed by atoms with Crippen LogP contribution in [0.5, 0.6) is 0 Å². The first-order valence-corrected chi connectivity index (χ1v) is 6.89. The molecule has 0 unspecified atom stereocenters. The molecule has 20 heavy (non-hydrogen) atoms. The molecule has 0 radical (unpaired) electrons. The Hall–Kier alpha value is -2.17. The van der Waals surface area contributed by atoms with Gasteiger partial charge < -0.3 is 5.32 Å². The normalized spacial score (nSPS) is 9.70. The van der Waals surface area contributed by atoms with Gasteiger partial charge in [0.1, 0.15) is 0 Å². The first-order valence-electron chi connectivity index (χ1n) is 6.89. The van der Waals surface area contributed by atoms with Gasteiger partial charge in [0.25, 0.3) is 0 Å². The van der Waals surface area contributed by atoms with Gasteiger partial charge in [0.05, 0.1) is 0 Å². The second kappa shape index (κ2) is 8.85. The Morgan fingerprint density at radius 1 is 1.00 bits per heavy atom. The van der Waals surface area contributed by atoms with Crippen molar-refractivity contribution in [3.05, 3.63) is 30.3 Å². The molecule has 0 aliphatic rings. The molecule has 0 saturated heterocycles. The van der Waals surface area contributed by atoms with Gasteiger partial charge in [-0.3, -0.25) is 9.59 Å². The molecule has 0 heterocycles. The highest BCUT2D eigenvalue weighted by atomic mass is 16.2. The largest absolute Gasteiger partial charge is 0.329 e. The molecule has 0 aliphatic carbocycles. The van der Waals surface area contributed by atoms with Gasteiger partial charge in [0.15, 0.2) is 0 Å². The number of anilines is 1. The van der Waals surface area contributed by atoms with E-state index < -0.39 is 11.8 Å². The zero-order valence-corrected chi connectivity index (χ0v) is 12.0. The molecule has 0 atom stereocenters. The molecule has 0 bridgehead atoms. The first-order chi connectivity index (χ1) is 9.67. The van der Waals surface area contributed by atoms with E-state index in [1.807, 2.05) is 6.07 Å². The van der Waals surface area contributed by atoms with E-state index in [9.17, 15) is 9.59 Å². The molecular weight excluding hydrogens is 254 g/mol. The van der Waals surface area contributed by atoms with Gasteiger partial charge in [0.2, 0.25) is 0 Å². The number of benzene rings is 1. The second-order valence-corrected chi connectivity index (χ2v) is 4.44. The number of carbonyl (C=O) groups excluding carboxylic acids is 2. The van der Waals surface area contributed by atoms with E-state index in [1.54, 1.807) is 24.3 Å². The molecule has 2 amide bonds. The molecule has 108 valence electrons. The minimum Gasteiger partial charge on any atom is -0.318 e. The Labute approximate surface area is 119 Å². The van der Waals surface area contributed by atoms with E-state index in [2.05, 4.69) is 29.7 Å². The van der Waals surface area contributed by atoms with Crippen molar-refractivity contribution in [3.8, 4) is 0 Å². The third-order valence-corrected chi connectivity index (χ3v) is 2.63. The summed E-state index contributed by atoms with van der Waals surface area (Å²) in [7, 11) is 0. The topological polar surface area (TPSA) is 70.6 Å². The summed E-state index contributed by atoms with van der Waals surface area (Å²) in [6.07, 6.45) is 3.58. The highest BCUT2D eigenvalue weighted by molar-refractivity contribution is 6.39. The zero-order chi connectivity index (χ0) is 14.8. The van der Waals surface area contributed by atoms with E-state index in [4.69, 9.17) is 0 Å². The van der Waals surface area contributed by atoms with Crippen LogP contribution in [0.25, 0.3) is 0 Å². The number of rotatable bonds is 6. The van der Waals surface area contributed by atoms with Gasteiger partial charge in [-0.2, -0.15) is 5.10 Å². The average Bonchev–Trinajstić information content (AvgIpc) is 2.46. The van der Waals surface area contributed by atoms with E-state index >= 15 is 0 Å². The molecule has 0 spiro atoms. The maximum absolute atomic E-state index is 11.6. The minimum absolute atomic E-state index is 0.582. The van der Waals surface area contributed by atoms with Crippen LogP contribution in [-0.4, -0.2) is 17.5 Å². The van der Waals surface area contributed by atoms with Crippen molar-refractivity contribution in [2.45, 2.75) is 39.5 Å². The molecule has 2 N–H and O–H groups in total. The van der Waals surface area contributed by atoms with Crippen molar-refractivity contribution in [3.63, 3.8) is 0 Å². The van der Waals surface area contributed by atoms with Gasteiger partial charge >= 0.3 is 11.8 Å². The summed E-state index contributed by atoms with van der Waals surface area (Å²) in [6.45, 7) is 4.10. The van der Waals surface area contributed by atoms with Crippen LogP contribution < -0.4 is 10.7 Å². The Kier molecular flexibility index (Phi) is 7.03. The lowest BCUT2D eigenvalue weighted by molar-refractivity contribution is -0.136. The Bertz CT molecular complexity index is 461. The Morgan fingerprint density at radius 2 is 1.60 bits per heavy atom. The fraction of sp³-hybridized carbons (Fsp3) is 0.400. The number of amides is 2. The van der Waals surface area contributed by atoms with Crippen molar-refractivity contribution in [2.24, 2.45) is 5.10 Å². The third-order valence-electron chi connectivity index (χ3n) is 2.63. The molecule has 1 aromatic carbocycles. The summed E-state index contributed by atoms with van der Waals surface area (Å²) in [6, 6.07) is 8.84. The number of nitrogens with one attached hydrogen (secondary N) is 2. The molecule has 0 fully saturated rings. The average molecular weight is 275 g/mol.